The number of ketones is 1. The van der Waals surface area contributed by atoms with Crippen LogP contribution in [-0.4, -0.2) is 40.6 Å². The first kappa shape index (κ1) is 16.0. The molecule has 0 radical (unpaired) electrons. The van der Waals surface area contributed by atoms with Crippen molar-refractivity contribution in [2.45, 2.75) is 39.3 Å². The van der Waals surface area contributed by atoms with Gasteiger partial charge in [-0.3, -0.25) is 9.69 Å². The molecule has 5 nitrogen and oxygen atoms in total. The monoisotopic (exact) mass is 279 g/mol. The maximum atomic E-state index is 12.4. The predicted molar refractivity (Wildman–Crippen MR) is 76.4 cm³/mol. The van der Waals surface area contributed by atoms with Crippen molar-refractivity contribution in [1.29, 1.82) is 0 Å². The van der Waals surface area contributed by atoms with Crippen LogP contribution in [-0.2, 0) is 0 Å². The van der Waals surface area contributed by atoms with Crippen molar-refractivity contribution < 1.29 is 19.4 Å². The summed E-state index contributed by atoms with van der Waals surface area (Å²) >= 11 is 0. The summed E-state index contributed by atoms with van der Waals surface area (Å²) in [7, 11) is 1.52. The zero-order valence-electron chi connectivity index (χ0n) is 12.5. The minimum absolute atomic E-state index is 0.249. The third-order valence-electron chi connectivity index (χ3n) is 3.05. The van der Waals surface area contributed by atoms with E-state index in [9.17, 15) is 14.7 Å². The average Bonchev–Trinajstić information content (AvgIpc) is 2.35. The minimum Gasteiger partial charge on any atom is -0.497 e. The second-order valence-electron chi connectivity index (χ2n) is 5.60. The number of nitrogens with zero attached hydrogens (tertiary/aromatic N) is 1. The van der Waals surface area contributed by atoms with Gasteiger partial charge in [0.2, 0.25) is 0 Å². The largest absolute Gasteiger partial charge is 0.497 e. The third kappa shape index (κ3) is 3.50. The van der Waals surface area contributed by atoms with Crippen LogP contribution in [0.15, 0.2) is 24.3 Å². The maximum absolute atomic E-state index is 12.4. The van der Waals surface area contributed by atoms with Crippen molar-refractivity contribution in [3.63, 3.8) is 0 Å². The van der Waals surface area contributed by atoms with Crippen molar-refractivity contribution in [3.05, 3.63) is 29.8 Å². The maximum Gasteiger partial charge on any atom is 0.408 e. The summed E-state index contributed by atoms with van der Waals surface area (Å²) in [5, 5.41) is 9.32. The quantitative estimate of drug-likeness (QED) is 0.860. The van der Waals surface area contributed by atoms with Gasteiger partial charge in [-0.15, -0.1) is 0 Å². The van der Waals surface area contributed by atoms with Crippen LogP contribution in [0, 0.1) is 0 Å². The number of hydrogen-bond donors (Lipinski definition) is 1. The SMILES string of the molecule is COc1cccc(C(=O)C(C)N(C(=O)O)C(C)(C)C)c1. The molecule has 1 amide bonds. The number of hydrogen-bond acceptors (Lipinski definition) is 3. The molecule has 0 saturated heterocycles. The summed E-state index contributed by atoms with van der Waals surface area (Å²) in [6, 6.07) is 5.95. The van der Waals surface area contributed by atoms with Gasteiger partial charge in [0.15, 0.2) is 5.78 Å². The van der Waals surface area contributed by atoms with E-state index < -0.39 is 17.7 Å². The second-order valence-corrected chi connectivity index (χ2v) is 5.60. The molecule has 1 N–H and O–H groups in total. The number of amides is 1. The molecule has 0 saturated carbocycles. The average molecular weight is 279 g/mol. The Morgan fingerprint density at radius 3 is 2.35 bits per heavy atom. The summed E-state index contributed by atoms with van der Waals surface area (Å²) in [4.78, 5) is 25.0. The van der Waals surface area contributed by atoms with Crippen LogP contribution in [0.4, 0.5) is 4.79 Å². The zero-order valence-corrected chi connectivity index (χ0v) is 12.5. The summed E-state index contributed by atoms with van der Waals surface area (Å²) < 4.78 is 5.08. The summed E-state index contributed by atoms with van der Waals surface area (Å²) in [6.45, 7) is 6.88. The lowest BCUT2D eigenvalue weighted by molar-refractivity contribution is 0.0589. The van der Waals surface area contributed by atoms with E-state index in [0.717, 1.165) is 4.90 Å². The first-order valence-electron chi connectivity index (χ1n) is 6.39. The van der Waals surface area contributed by atoms with E-state index in [1.165, 1.54) is 7.11 Å². The van der Waals surface area contributed by atoms with E-state index >= 15 is 0 Å². The van der Waals surface area contributed by atoms with Gasteiger partial charge in [0.05, 0.1) is 13.2 Å². The summed E-state index contributed by atoms with van der Waals surface area (Å²) in [5.74, 6) is 0.321. The Morgan fingerprint density at radius 2 is 1.90 bits per heavy atom. The lowest BCUT2D eigenvalue weighted by Crippen LogP contribution is -2.52. The molecular formula is C15H21NO4. The van der Waals surface area contributed by atoms with Crippen LogP contribution < -0.4 is 4.74 Å². The Hall–Kier alpha value is -2.04. The molecule has 20 heavy (non-hydrogen) atoms. The minimum atomic E-state index is -1.11. The second kappa shape index (κ2) is 5.94. The van der Waals surface area contributed by atoms with E-state index in [2.05, 4.69) is 0 Å². The fraction of sp³-hybridized carbons (Fsp3) is 0.467. The Morgan fingerprint density at radius 1 is 1.30 bits per heavy atom. The van der Waals surface area contributed by atoms with Gasteiger partial charge < -0.3 is 9.84 Å². The number of rotatable bonds is 4. The van der Waals surface area contributed by atoms with Crippen LogP contribution in [0.25, 0.3) is 0 Å². The first-order valence-corrected chi connectivity index (χ1v) is 6.39. The van der Waals surface area contributed by atoms with Gasteiger partial charge in [-0.2, -0.15) is 0 Å². The number of ether oxygens (including phenoxy) is 1. The van der Waals surface area contributed by atoms with Gasteiger partial charge in [0.1, 0.15) is 5.75 Å². The molecule has 1 atom stereocenters. The molecule has 0 heterocycles. The van der Waals surface area contributed by atoms with Gasteiger partial charge in [0, 0.05) is 11.1 Å². The number of methoxy groups -OCH3 is 1. The molecule has 0 aliphatic carbocycles. The van der Waals surface area contributed by atoms with Crippen LogP contribution in [0.5, 0.6) is 5.75 Å². The van der Waals surface area contributed by atoms with Crippen molar-refractivity contribution in [3.8, 4) is 5.75 Å². The number of carbonyl (C=O) groups excluding carboxylic acids is 1. The van der Waals surface area contributed by atoms with Gasteiger partial charge in [-0.1, -0.05) is 12.1 Å². The zero-order chi connectivity index (χ0) is 15.5. The highest BCUT2D eigenvalue weighted by atomic mass is 16.5. The molecule has 0 bridgehead atoms. The Labute approximate surface area is 119 Å². The Bertz CT molecular complexity index is 505. The normalized spacial score (nSPS) is 12.7. The van der Waals surface area contributed by atoms with E-state index in [-0.39, 0.29) is 5.78 Å². The molecule has 0 spiro atoms. The fourth-order valence-corrected chi connectivity index (χ4v) is 2.17. The Kier molecular flexibility index (Phi) is 4.76. The van der Waals surface area contributed by atoms with Crippen LogP contribution >= 0.6 is 0 Å². The summed E-state index contributed by atoms with van der Waals surface area (Å²) in [5.41, 5.74) is -0.216. The fourth-order valence-electron chi connectivity index (χ4n) is 2.17. The first-order chi connectivity index (χ1) is 9.18. The van der Waals surface area contributed by atoms with Crippen molar-refractivity contribution >= 4 is 11.9 Å². The molecule has 0 aliphatic rings. The predicted octanol–water partition coefficient (Wildman–Crippen LogP) is 3.04. The van der Waals surface area contributed by atoms with E-state index in [4.69, 9.17) is 4.74 Å². The van der Waals surface area contributed by atoms with Crippen LogP contribution in [0.3, 0.4) is 0 Å². The highest BCUT2D eigenvalue weighted by Crippen LogP contribution is 2.21. The number of carbonyl (C=O) groups is 2. The molecule has 110 valence electrons. The Balaban J connectivity index is 3.08. The number of Topliss-reactive ketones (excluding diaryl/α,β-unsaturated/α-hetero) is 1. The van der Waals surface area contributed by atoms with Crippen LogP contribution in [0.1, 0.15) is 38.1 Å². The van der Waals surface area contributed by atoms with Gasteiger partial charge >= 0.3 is 6.09 Å². The van der Waals surface area contributed by atoms with Crippen LogP contribution in [0.2, 0.25) is 0 Å². The molecule has 0 aromatic heterocycles. The summed E-state index contributed by atoms with van der Waals surface area (Å²) in [6.07, 6.45) is -1.11. The molecule has 5 heteroatoms. The van der Waals surface area contributed by atoms with Crippen molar-refractivity contribution in [2.75, 3.05) is 7.11 Å². The highest BCUT2D eigenvalue weighted by Gasteiger charge is 2.34. The number of carboxylic acid groups (broad SMARTS) is 1. The van der Waals surface area contributed by atoms with Gasteiger partial charge in [0.25, 0.3) is 0 Å². The van der Waals surface area contributed by atoms with Crippen molar-refractivity contribution in [2.24, 2.45) is 0 Å². The highest BCUT2D eigenvalue weighted by molar-refractivity contribution is 6.01. The van der Waals surface area contributed by atoms with Gasteiger partial charge in [-0.25, -0.2) is 4.79 Å². The lowest BCUT2D eigenvalue weighted by atomic mass is 9.98. The van der Waals surface area contributed by atoms with E-state index in [1.54, 1.807) is 52.0 Å². The molecule has 1 aromatic carbocycles. The van der Waals surface area contributed by atoms with Gasteiger partial charge in [-0.05, 0) is 39.8 Å². The van der Waals surface area contributed by atoms with E-state index in [0.29, 0.717) is 11.3 Å². The third-order valence-corrected chi connectivity index (χ3v) is 3.05. The molecular weight excluding hydrogens is 258 g/mol. The van der Waals surface area contributed by atoms with E-state index in [1.807, 2.05) is 0 Å². The lowest BCUT2D eigenvalue weighted by Gasteiger charge is -2.37. The standard InChI is InChI=1S/C15H21NO4/c1-10(16(14(18)19)15(2,3)4)13(17)11-7-6-8-12(9-11)20-5/h6-10H,1-5H3,(H,18,19). The molecule has 1 unspecified atom stereocenters. The molecule has 0 fully saturated rings. The smallest absolute Gasteiger partial charge is 0.408 e. The molecule has 1 aromatic rings. The molecule has 1 rings (SSSR count). The number of benzene rings is 1. The topological polar surface area (TPSA) is 66.8 Å². The molecule has 0 aliphatic heterocycles. The van der Waals surface area contributed by atoms with Crippen molar-refractivity contribution in [1.82, 2.24) is 4.90 Å².